The first-order chi connectivity index (χ1) is 2.00. The van der Waals surface area contributed by atoms with Crippen molar-refractivity contribution in [2.24, 2.45) is 0 Å². The molecule has 0 aromatic rings. The van der Waals surface area contributed by atoms with E-state index in [4.69, 9.17) is 13.3 Å². The Morgan fingerprint density at radius 3 is 1.43 bits per heavy atom. The minimum atomic E-state index is -4.33. The van der Waals surface area contributed by atoms with E-state index >= 15 is 0 Å². The first kappa shape index (κ1) is 16.4. The van der Waals surface area contributed by atoms with Gasteiger partial charge in [-0.3, -0.25) is 4.21 Å². The van der Waals surface area contributed by atoms with Crippen LogP contribution in [0.15, 0.2) is 0 Å². The van der Waals surface area contributed by atoms with Gasteiger partial charge in [0.2, 0.25) is 0 Å². The first-order valence-electron chi connectivity index (χ1n) is 0.667. The van der Waals surface area contributed by atoms with E-state index in [-0.39, 0.29) is 75.8 Å². The molecule has 0 bridgehead atoms. The van der Waals surface area contributed by atoms with Crippen LogP contribution in [0, 0.1) is 0 Å². The van der Waals surface area contributed by atoms with Gasteiger partial charge >= 0.3 is 75.8 Å². The van der Waals surface area contributed by atoms with E-state index in [1.807, 2.05) is 0 Å². The van der Waals surface area contributed by atoms with E-state index < -0.39 is 9.05 Å². The topological polar surface area (TPSA) is 63.2 Å². The van der Waals surface area contributed by atoms with Crippen molar-refractivity contribution in [1.29, 1.82) is 0 Å². The zero-order chi connectivity index (χ0) is 4.50. The zero-order valence-electron chi connectivity index (χ0n) is 3.49. The molecule has 0 spiro atoms. The van der Waals surface area contributed by atoms with Gasteiger partial charge in [0.15, 0.2) is 0 Å². The normalized spacial score (nSPS) is 8.29. The van der Waals surface area contributed by atoms with Crippen LogP contribution >= 0.6 is 0 Å². The third-order valence-electron chi connectivity index (χ3n) is 0. The van der Waals surface area contributed by atoms with Crippen molar-refractivity contribution in [3.63, 3.8) is 0 Å². The van der Waals surface area contributed by atoms with Crippen LogP contribution in [0.25, 0.3) is 0 Å². The van der Waals surface area contributed by atoms with Crippen molar-refractivity contribution in [2.45, 2.75) is 0 Å². The fourth-order valence-corrected chi connectivity index (χ4v) is 0. The predicted molar refractivity (Wildman–Crippen MR) is 22.8 cm³/mol. The molecule has 3 nitrogen and oxygen atoms in total. The number of hydrogen-bond donors (Lipinski definition) is 0. The van der Waals surface area contributed by atoms with Gasteiger partial charge in [-0.2, -0.15) is 0 Å². The molecule has 0 fully saturated rings. The maximum absolute atomic E-state index is 8.89. The van der Waals surface area contributed by atoms with Gasteiger partial charge in [0.25, 0.3) is 0 Å². The third kappa shape index (κ3) is 52.8. The second-order valence-corrected chi connectivity index (χ2v) is 2.45. The Morgan fingerprint density at radius 2 is 1.43 bits per heavy atom. The fraction of sp³-hybridized carbons (Fsp3) is 0. The van der Waals surface area contributed by atoms with Crippen LogP contribution in [-0.4, -0.2) is 37.7 Å². The van der Waals surface area contributed by atoms with Gasteiger partial charge in [-0.25, -0.2) is 0 Å². The minimum Gasteiger partial charge on any atom is -0.780 e. The molecule has 7 heavy (non-hydrogen) atoms. The molecule has 0 amide bonds. The summed E-state index contributed by atoms with van der Waals surface area (Å²) < 4.78 is 26.7. The van der Waals surface area contributed by atoms with Gasteiger partial charge in [0.05, 0.1) is 0 Å². The Hall–Kier alpha value is 2.74. The van der Waals surface area contributed by atoms with Gasteiger partial charge in [-0.05, 0) is 11.2 Å². The van der Waals surface area contributed by atoms with Crippen LogP contribution in [0.2, 0.25) is 0 Å². The molecule has 0 aliphatic carbocycles. The van der Waals surface area contributed by atoms with Crippen molar-refractivity contribution in [3.8, 4) is 0 Å². The summed E-state index contributed by atoms with van der Waals surface area (Å²) in [5.41, 5.74) is 0. The minimum absolute atomic E-state index is 0. The molecule has 0 aliphatic rings. The summed E-state index contributed by atoms with van der Waals surface area (Å²) in [5, 5.41) is 0. The van der Waals surface area contributed by atoms with E-state index in [0.29, 0.717) is 0 Å². The van der Waals surface area contributed by atoms with Gasteiger partial charge in [0.1, 0.15) is 0 Å². The van der Waals surface area contributed by atoms with Gasteiger partial charge in [0, 0.05) is 0 Å². The smallest absolute Gasteiger partial charge is 0.780 e. The molecule has 0 atom stereocenters. The summed E-state index contributed by atoms with van der Waals surface area (Å²) in [6, 6.07) is 0. The molecular weight excluding hydrogens is 273 g/mol. The van der Waals surface area contributed by atoms with Crippen LogP contribution in [0.3, 0.4) is 0 Å². The van der Waals surface area contributed by atoms with E-state index in [2.05, 4.69) is 11.2 Å². The summed E-state index contributed by atoms with van der Waals surface area (Å²) in [7, 11) is -4.33. The predicted octanol–water partition coefficient (Wildman–Crippen LogP) is -4.38. The van der Waals surface area contributed by atoms with Gasteiger partial charge < -0.3 is 9.11 Å². The molecule has 0 rings (SSSR count). The van der Waals surface area contributed by atoms with Crippen molar-refractivity contribution in [1.82, 2.24) is 0 Å². The van der Waals surface area contributed by atoms with Crippen molar-refractivity contribution >= 4 is 44.7 Å². The molecule has 0 saturated heterocycles. The van der Waals surface area contributed by atoms with Crippen LogP contribution in [0.5, 0.6) is 0 Å². The molecule has 0 aromatic carbocycles. The number of rotatable bonds is 0. The number of hydrogen-bond acceptors (Lipinski definition) is 4. The first-order valence-corrected chi connectivity index (χ1v) is 3.00. The van der Waals surface area contributed by atoms with E-state index in [1.54, 1.807) is 0 Å². The monoisotopic (exact) mass is 272 g/mol. The standard InChI is InChI=1S/K.H2O3S2.Sb/c;1-5(2,3)4;/h;(H2,1,2,3,4);/q+1;;+3/p-2. The van der Waals surface area contributed by atoms with E-state index in [9.17, 15) is 0 Å². The molecule has 7 heteroatoms. The third-order valence-corrected chi connectivity index (χ3v) is 0. The van der Waals surface area contributed by atoms with Crippen molar-refractivity contribution < 1.29 is 64.7 Å². The summed E-state index contributed by atoms with van der Waals surface area (Å²) in [6.45, 7) is 0. The summed E-state index contributed by atoms with van der Waals surface area (Å²) >= 11 is 3.24. The molecule has 2 radical (unpaired) electrons. The second-order valence-electron chi connectivity index (χ2n) is 0.408. The van der Waals surface area contributed by atoms with Crippen LogP contribution in [-0.2, 0) is 20.2 Å². The zero-order valence-corrected chi connectivity index (χ0v) is 10.8. The largest absolute Gasteiger partial charge is 3.00 e. The molecule has 0 N–H and O–H groups in total. The molecule has 34 valence electrons. The van der Waals surface area contributed by atoms with E-state index in [0.717, 1.165) is 0 Å². The summed E-state index contributed by atoms with van der Waals surface area (Å²) in [4.78, 5) is 0. The van der Waals surface area contributed by atoms with Crippen LogP contribution in [0.1, 0.15) is 0 Å². The van der Waals surface area contributed by atoms with Crippen LogP contribution in [0.4, 0.5) is 0 Å². The summed E-state index contributed by atoms with van der Waals surface area (Å²) in [5.74, 6) is 0. The Kier molecular flexibility index (Phi) is 16.1. The van der Waals surface area contributed by atoms with Gasteiger partial charge in [-0.15, -0.1) is 9.05 Å². The molecule has 0 unspecified atom stereocenters. The average molecular weight is 273 g/mol. The average Bonchev–Trinajstić information content (AvgIpc) is 0.722. The van der Waals surface area contributed by atoms with Crippen molar-refractivity contribution in [3.05, 3.63) is 0 Å². The summed E-state index contributed by atoms with van der Waals surface area (Å²) in [6.07, 6.45) is 0. The molecule has 0 heterocycles. The maximum Gasteiger partial charge on any atom is 3.00 e. The van der Waals surface area contributed by atoms with Crippen LogP contribution < -0.4 is 51.4 Å². The maximum atomic E-state index is 8.89. The molecule has 0 saturated carbocycles. The van der Waals surface area contributed by atoms with Gasteiger partial charge in [-0.1, -0.05) is 0 Å². The molecule has 0 aliphatic heterocycles. The van der Waals surface area contributed by atoms with Crippen molar-refractivity contribution in [2.75, 3.05) is 0 Å². The molecule has 0 aromatic heterocycles. The second kappa shape index (κ2) is 6.86. The fourth-order valence-electron chi connectivity index (χ4n) is 0. The Balaban J connectivity index is -0.0000000800. The Bertz CT molecular complexity index is 96.1. The van der Waals surface area contributed by atoms with E-state index in [1.165, 1.54) is 0 Å². The Labute approximate surface area is 107 Å². The SMILES string of the molecule is O=S([O-])([O-])=S.[K+].[Sb+3]. The molecular formula is KO3S2Sb+2. The Morgan fingerprint density at radius 1 is 1.43 bits per heavy atom. The quantitative estimate of drug-likeness (QED) is 0.418.